The van der Waals surface area contributed by atoms with E-state index in [4.69, 9.17) is 14.6 Å². The fraction of sp³-hybridized carbons (Fsp3) is 0.160. The molecule has 0 N–H and O–H groups in total. The number of thioether (sulfide) groups is 1. The lowest BCUT2D eigenvalue weighted by Crippen LogP contribution is -2.27. The van der Waals surface area contributed by atoms with Crippen LogP contribution in [0.25, 0.3) is 22.5 Å². The maximum absolute atomic E-state index is 12.8. The van der Waals surface area contributed by atoms with Crippen LogP contribution in [0.5, 0.6) is 11.5 Å². The Labute approximate surface area is 190 Å². The third-order valence-electron chi connectivity index (χ3n) is 4.92. The van der Waals surface area contributed by atoms with E-state index in [1.54, 1.807) is 26.0 Å². The van der Waals surface area contributed by atoms with Gasteiger partial charge in [-0.1, -0.05) is 18.2 Å². The Morgan fingerprint density at radius 3 is 1.91 bits per heavy atom. The molecule has 1 aromatic heterocycles. The predicted octanol–water partition coefficient (Wildman–Crippen LogP) is 4.78. The summed E-state index contributed by atoms with van der Waals surface area (Å²) in [5.74, 6) is 2.20. The highest BCUT2D eigenvalue weighted by atomic mass is 32.2. The molecule has 6 nitrogen and oxygen atoms in total. The average molecular weight is 446 g/mol. The number of hydrogen-bond donors (Lipinski definition) is 0. The molecule has 0 aliphatic rings. The fourth-order valence-corrected chi connectivity index (χ4v) is 4.07. The molecule has 1 heterocycles. The first-order valence-corrected chi connectivity index (χ1v) is 11.1. The first-order chi connectivity index (χ1) is 15.7. The topological polar surface area (TPSA) is 66.2 Å². The van der Waals surface area contributed by atoms with Crippen molar-refractivity contribution < 1.29 is 9.47 Å². The van der Waals surface area contributed by atoms with Gasteiger partial charge in [0.15, 0.2) is 0 Å². The molecular formula is C25H23N3O3S. The smallest absolute Gasteiger partial charge is 0.364 e. The minimum atomic E-state index is -0.373. The van der Waals surface area contributed by atoms with Crippen LogP contribution in [-0.4, -0.2) is 34.7 Å². The number of ether oxygens (including phenoxy) is 2. The Kier molecular flexibility index (Phi) is 6.87. The van der Waals surface area contributed by atoms with Crippen molar-refractivity contribution in [1.82, 2.24) is 14.8 Å². The highest BCUT2D eigenvalue weighted by Gasteiger charge is 2.15. The zero-order valence-corrected chi connectivity index (χ0v) is 18.7. The summed E-state index contributed by atoms with van der Waals surface area (Å²) in [7, 11) is 3.24. The van der Waals surface area contributed by atoms with Gasteiger partial charge in [0.05, 0.1) is 20.8 Å². The molecule has 0 spiro atoms. The van der Waals surface area contributed by atoms with Crippen LogP contribution in [0.4, 0.5) is 0 Å². The van der Waals surface area contributed by atoms with Crippen molar-refractivity contribution in [3.63, 3.8) is 0 Å². The molecular weight excluding hydrogens is 422 g/mol. The van der Waals surface area contributed by atoms with Crippen LogP contribution < -0.4 is 15.2 Å². The molecule has 0 fully saturated rings. The van der Waals surface area contributed by atoms with Gasteiger partial charge in [0.1, 0.15) is 22.9 Å². The van der Waals surface area contributed by atoms with Gasteiger partial charge in [-0.3, -0.25) is 0 Å². The highest BCUT2D eigenvalue weighted by molar-refractivity contribution is 7.99. The van der Waals surface area contributed by atoms with E-state index in [2.05, 4.69) is 17.1 Å². The van der Waals surface area contributed by atoms with Gasteiger partial charge in [-0.2, -0.15) is 10.1 Å². The first-order valence-electron chi connectivity index (χ1n) is 10.1. The van der Waals surface area contributed by atoms with Crippen molar-refractivity contribution >= 4 is 11.8 Å². The molecule has 0 aliphatic heterocycles. The van der Waals surface area contributed by atoms with Crippen molar-refractivity contribution in [3.8, 4) is 34.0 Å². The summed E-state index contributed by atoms with van der Waals surface area (Å²) in [5, 5.41) is 4.70. The lowest BCUT2D eigenvalue weighted by atomic mass is 10.0. The number of methoxy groups -OCH3 is 2. The second-order valence-corrected chi connectivity index (χ2v) is 8.10. The number of aryl methyl sites for hydroxylation is 1. The molecule has 0 radical (unpaired) electrons. The first kappa shape index (κ1) is 21.6. The van der Waals surface area contributed by atoms with Crippen molar-refractivity contribution in [2.75, 3.05) is 20.0 Å². The second-order valence-electron chi connectivity index (χ2n) is 6.93. The Balaban J connectivity index is 1.70. The Bertz CT molecular complexity index is 1220. The van der Waals surface area contributed by atoms with Crippen LogP contribution >= 0.6 is 11.8 Å². The Hall–Kier alpha value is -3.58. The number of benzene rings is 3. The maximum atomic E-state index is 12.8. The van der Waals surface area contributed by atoms with Crippen molar-refractivity contribution in [2.24, 2.45) is 0 Å². The molecule has 7 heteroatoms. The van der Waals surface area contributed by atoms with Crippen molar-refractivity contribution in [2.45, 2.75) is 11.4 Å². The second kappa shape index (κ2) is 10.2. The molecule has 0 saturated heterocycles. The van der Waals surface area contributed by atoms with Crippen LogP contribution in [0, 0.1) is 0 Å². The molecule has 0 unspecified atom stereocenters. The minimum Gasteiger partial charge on any atom is -0.497 e. The van der Waals surface area contributed by atoms with E-state index >= 15 is 0 Å². The lowest BCUT2D eigenvalue weighted by molar-refractivity contribution is 0.414. The van der Waals surface area contributed by atoms with Gasteiger partial charge in [-0.25, -0.2) is 9.48 Å². The summed E-state index contributed by atoms with van der Waals surface area (Å²) < 4.78 is 12.0. The van der Waals surface area contributed by atoms with E-state index in [9.17, 15) is 4.79 Å². The van der Waals surface area contributed by atoms with Crippen LogP contribution in [0.2, 0.25) is 0 Å². The van der Waals surface area contributed by atoms with Crippen LogP contribution in [0.3, 0.4) is 0 Å². The summed E-state index contributed by atoms with van der Waals surface area (Å²) >= 11 is 1.68. The third kappa shape index (κ3) is 5.00. The Morgan fingerprint density at radius 2 is 1.34 bits per heavy atom. The molecule has 4 aromatic rings. The normalized spacial score (nSPS) is 10.7. The molecule has 4 rings (SSSR count). The number of rotatable bonds is 8. The van der Waals surface area contributed by atoms with Gasteiger partial charge < -0.3 is 9.47 Å². The predicted molar refractivity (Wildman–Crippen MR) is 127 cm³/mol. The monoisotopic (exact) mass is 445 g/mol. The number of nitrogens with zero attached hydrogens (tertiary/aromatic N) is 3. The van der Waals surface area contributed by atoms with Crippen LogP contribution in [-0.2, 0) is 6.54 Å². The van der Waals surface area contributed by atoms with Gasteiger partial charge in [0.2, 0.25) is 0 Å². The van der Waals surface area contributed by atoms with Gasteiger partial charge in [-0.15, -0.1) is 11.8 Å². The highest BCUT2D eigenvalue weighted by Crippen LogP contribution is 2.30. The molecule has 0 aliphatic carbocycles. The molecule has 0 amide bonds. The molecule has 0 saturated carbocycles. The van der Waals surface area contributed by atoms with Gasteiger partial charge in [0.25, 0.3) is 0 Å². The third-order valence-corrected chi connectivity index (χ3v) is 5.91. The quantitative estimate of drug-likeness (QED) is 0.364. The average Bonchev–Trinajstić information content (AvgIpc) is 2.85. The van der Waals surface area contributed by atoms with Gasteiger partial charge >= 0.3 is 5.69 Å². The van der Waals surface area contributed by atoms with E-state index < -0.39 is 0 Å². The fourth-order valence-electron chi connectivity index (χ4n) is 3.22. The summed E-state index contributed by atoms with van der Waals surface area (Å²) in [6.45, 7) is 0.456. The number of hydrogen-bond acceptors (Lipinski definition) is 6. The van der Waals surface area contributed by atoms with E-state index in [0.29, 0.717) is 23.7 Å². The molecule has 32 heavy (non-hydrogen) atoms. The lowest BCUT2D eigenvalue weighted by Gasteiger charge is -2.12. The van der Waals surface area contributed by atoms with E-state index in [1.807, 2.05) is 66.7 Å². The molecule has 162 valence electrons. The molecule has 0 atom stereocenters. The summed E-state index contributed by atoms with van der Waals surface area (Å²) in [6.07, 6.45) is 0. The largest absolute Gasteiger partial charge is 0.497 e. The van der Waals surface area contributed by atoms with Gasteiger partial charge in [-0.05, 0) is 60.7 Å². The summed E-state index contributed by atoms with van der Waals surface area (Å²) in [6, 6.07) is 25.1. The molecule has 0 bridgehead atoms. The van der Waals surface area contributed by atoms with E-state index in [-0.39, 0.29) is 5.69 Å². The van der Waals surface area contributed by atoms with Gasteiger partial charge in [0, 0.05) is 21.8 Å². The van der Waals surface area contributed by atoms with Crippen LogP contribution in [0.15, 0.2) is 88.6 Å². The standard InChI is InChI=1S/C25H23N3O3S/c1-30-20-12-8-18(9-13-20)23-24(19-10-14-21(31-2)15-11-19)27-28(25(29)26-23)16-17-32-22-6-4-3-5-7-22/h3-15H,16-17H2,1-2H3. The summed E-state index contributed by atoms with van der Waals surface area (Å²) in [5.41, 5.74) is 2.46. The van der Waals surface area contributed by atoms with E-state index in [1.165, 1.54) is 4.68 Å². The molecule has 3 aromatic carbocycles. The zero-order chi connectivity index (χ0) is 22.3. The zero-order valence-electron chi connectivity index (χ0n) is 17.9. The van der Waals surface area contributed by atoms with Crippen molar-refractivity contribution in [1.29, 1.82) is 0 Å². The SMILES string of the molecule is COc1ccc(-c2nc(=O)n(CCSc3ccccc3)nc2-c2ccc(OC)cc2)cc1. The van der Waals surface area contributed by atoms with Crippen molar-refractivity contribution in [3.05, 3.63) is 89.3 Å². The Morgan fingerprint density at radius 1 is 0.781 bits per heavy atom. The maximum Gasteiger partial charge on any atom is 0.364 e. The van der Waals surface area contributed by atoms with E-state index in [0.717, 1.165) is 27.5 Å². The number of aromatic nitrogens is 3. The minimum absolute atomic E-state index is 0.373. The van der Waals surface area contributed by atoms with Crippen LogP contribution in [0.1, 0.15) is 0 Å². The summed E-state index contributed by atoms with van der Waals surface area (Å²) in [4.78, 5) is 18.4.